The van der Waals surface area contributed by atoms with Gasteiger partial charge >= 0.3 is 0 Å². The van der Waals surface area contributed by atoms with Gasteiger partial charge in [-0.25, -0.2) is 0 Å². The van der Waals surface area contributed by atoms with Gasteiger partial charge in [-0.3, -0.25) is 4.79 Å². The SMILES string of the molecule is O=C1c2cccc3cccc(c23)N1CCC1CCCC1O. The second-order valence-corrected chi connectivity index (χ2v) is 6.18. The van der Waals surface area contributed by atoms with Crippen molar-refractivity contribution in [1.82, 2.24) is 0 Å². The van der Waals surface area contributed by atoms with Crippen LogP contribution in [-0.2, 0) is 0 Å². The molecule has 0 spiro atoms. The number of amides is 1. The van der Waals surface area contributed by atoms with E-state index in [-0.39, 0.29) is 12.0 Å². The first-order chi connectivity index (χ1) is 10.3. The summed E-state index contributed by atoms with van der Waals surface area (Å²) in [5.74, 6) is 0.454. The molecule has 2 aromatic carbocycles. The summed E-state index contributed by atoms with van der Waals surface area (Å²) in [6, 6.07) is 12.0. The molecule has 0 radical (unpaired) electrons. The molecule has 2 atom stereocenters. The van der Waals surface area contributed by atoms with Crippen LogP contribution >= 0.6 is 0 Å². The van der Waals surface area contributed by atoms with Crippen LogP contribution in [-0.4, -0.2) is 23.7 Å². The van der Waals surface area contributed by atoms with Gasteiger partial charge in [0.25, 0.3) is 5.91 Å². The molecule has 1 aliphatic heterocycles. The van der Waals surface area contributed by atoms with Crippen molar-refractivity contribution >= 4 is 22.4 Å². The van der Waals surface area contributed by atoms with Crippen LogP contribution in [0.1, 0.15) is 36.0 Å². The molecule has 1 heterocycles. The first-order valence-corrected chi connectivity index (χ1v) is 7.77. The van der Waals surface area contributed by atoms with Crippen molar-refractivity contribution in [3.8, 4) is 0 Å². The van der Waals surface area contributed by atoms with Crippen LogP contribution in [0.25, 0.3) is 10.8 Å². The minimum Gasteiger partial charge on any atom is -0.393 e. The Hall–Kier alpha value is -1.87. The molecule has 1 fully saturated rings. The Balaban J connectivity index is 1.63. The van der Waals surface area contributed by atoms with Crippen molar-refractivity contribution in [3.05, 3.63) is 42.0 Å². The highest BCUT2D eigenvalue weighted by molar-refractivity contribution is 6.24. The molecule has 21 heavy (non-hydrogen) atoms. The number of nitrogens with zero attached hydrogens (tertiary/aromatic N) is 1. The topological polar surface area (TPSA) is 40.5 Å². The van der Waals surface area contributed by atoms with E-state index < -0.39 is 0 Å². The van der Waals surface area contributed by atoms with Gasteiger partial charge in [-0.05, 0) is 42.7 Å². The smallest absolute Gasteiger partial charge is 0.258 e. The van der Waals surface area contributed by atoms with Crippen LogP contribution in [0, 0.1) is 5.92 Å². The standard InChI is InChI=1S/C18H19NO2/c20-16-9-3-4-12(16)10-11-19-15-8-2-6-13-5-1-7-14(17(13)15)18(19)21/h1-2,5-8,12,16,20H,3-4,9-11H2. The third-order valence-electron chi connectivity index (χ3n) is 4.99. The molecule has 3 nitrogen and oxygen atoms in total. The van der Waals surface area contributed by atoms with Crippen LogP contribution in [0.3, 0.4) is 0 Å². The van der Waals surface area contributed by atoms with Gasteiger partial charge in [-0.15, -0.1) is 0 Å². The minimum atomic E-state index is -0.180. The summed E-state index contributed by atoms with van der Waals surface area (Å²) in [5.41, 5.74) is 1.84. The summed E-state index contributed by atoms with van der Waals surface area (Å²) in [7, 11) is 0. The zero-order valence-corrected chi connectivity index (χ0v) is 12.0. The van der Waals surface area contributed by atoms with Crippen molar-refractivity contribution in [1.29, 1.82) is 0 Å². The van der Waals surface area contributed by atoms with Gasteiger partial charge in [0, 0.05) is 17.5 Å². The molecule has 1 N–H and O–H groups in total. The van der Waals surface area contributed by atoms with E-state index in [1.807, 2.05) is 29.2 Å². The molecule has 108 valence electrons. The molecule has 4 rings (SSSR count). The lowest BCUT2D eigenvalue weighted by molar-refractivity contribution is 0.0982. The number of aliphatic hydroxyl groups excluding tert-OH is 1. The number of hydrogen-bond donors (Lipinski definition) is 1. The third kappa shape index (κ3) is 1.95. The van der Waals surface area contributed by atoms with Crippen LogP contribution in [0.5, 0.6) is 0 Å². The van der Waals surface area contributed by atoms with E-state index in [0.29, 0.717) is 12.5 Å². The number of hydrogen-bond acceptors (Lipinski definition) is 2. The normalized spacial score (nSPS) is 24.2. The number of rotatable bonds is 3. The molecule has 2 aromatic rings. The van der Waals surface area contributed by atoms with Crippen molar-refractivity contribution in [2.24, 2.45) is 5.92 Å². The molecule has 1 saturated carbocycles. The van der Waals surface area contributed by atoms with Gasteiger partial charge in [0.15, 0.2) is 0 Å². The highest BCUT2D eigenvalue weighted by Crippen LogP contribution is 2.38. The highest BCUT2D eigenvalue weighted by atomic mass is 16.3. The molecule has 0 aromatic heterocycles. The van der Waals surface area contributed by atoms with E-state index in [9.17, 15) is 9.90 Å². The zero-order valence-electron chi connectivity index (χ0n) is 12.0. The van der Waals surface area contributed by atoms with Crippen LogP contribution in [0.15, 0.2) is 36.4 Å². The van der Waals surface area contributed by atoms with E-state index in [2.05, 4.69) is 12.1 Å². The second kappa shape index (κ2) is 4.85. The van der Waals surface area contributed by atoms with Crippen molar-refractivity contribution < 1.29 is 9.90 Å². The van der Waals surface area contributed by atoms with Crippen LogP contribution < -0.4 is 4.90 Å². The molecule has 0 bridgehead atoms. The lowest BCUT2D eigenvalue weighted by atomic mass is 10.0. The predicted molar refractivity (Wildman–Crippen MR) is 83.6 cm³/mol. The Morgan fingerprint density at radius 2 is 1.95 bits per heavy atom. The summed E-state index contributed by atoms with van der Waals surface area (Å²) >= 11 is 0. The van der Waals surface area contributed by atoms with Gasteiger partial charge < -0.3 is 10.0 Å². The third-order valence-corrected chi connectivity index (χ3v) is 4.99. The fourth-order valence-corrected chi connectivity index (χ4v) is 3.85. The molecule has 1 amide bonds. The molecule has 0 saturated heterocycles. The summed E-state index contributed by atoms with van der Waals surface area (Å²) in [6.07, 6.45) is 3.81. The zero-order chi connectivity index (χ0) is 14.4. The summed E-state index contributed by atoms with van der Waals surface area (Å²) < 4.78 is 0. The Morgan fingerprint density at radius 3 is 2.71 bits per heavy atom. The van der Waals surface area contributed by atoms with Gasteiger partial charge in [0.05, 0.1) is 11.8 Å². The molecule has 3 heteroatoms. The van der Waals surface area contributed by atoms with Crippen molar-refractivity contribution in [3.63, 3.8) is 0 Å². The Kier molecular flexibility index (Phi) is 2.96. The minimum absolute atomic E-state index is 0.106. The molecule has 1 aliphatic carbocycles. The fraction of sp³-hybridized carbons (Fsp3) is 0.389. The molecular weight excluding hydrogens is 262 g/mol. The van der Waals surface area contributed by atoms with E-state index in [0.717, 1.165) is 47.7 Å². The molecular formula is C18H19NO2. The van der Waals surface area contributed by atoms with Gasteiger partial charge in [-0.1, -0.05) is 30.7 Å². The van der Waals surface area contributed by atoms with Crippen molar-refractivity contribution in [2.45, 2.75) is 31.8 Å². The number of anilines is 1. The number of benzene rings is 2. The Morgan fingerprint density at radius 1 is 1.14 bits per heavy atom. The maximum absolute atomic E-state index is 12.6. The lowest BCUT2D eigenvalue weighted by Gasteiger charge is -2.21. The molecule has 2 aliphatic rings. The summed E-state index contributed by atoms with van der Waals surface area (Å²) in [5, 5.41) is 12.2. The first-order valence-electron chi connectivity index (χ1n) is 7.77. The Bertz CT molecular complexity index is 704. The summed E-state index contributed by atoms with van der Waals surface area (Å²) in [6.45, 7) is 0.703. The maximum Gasteiger partial charge on any atom is 0.258 e. The monoisotopic (exact) mass is 281 g/mol. The van der Waals surface area contributed by atoms with E-state index in [4.69, 9.17) is 0 Å². The largest absolute Gasteiger partial charge is 0.393 e. The highest BCUT2D eigenvalue weighted by Gasteiger charge is 2.31. The lowest BCUT2D eigenvalue weighted by Crippen LogP contribution is -2.30. The fourth-order valence-electron chi connectivity index (χ4n) is 3.85. The van der Waals surface area contributed by atoms with Crippen LogP contribution in [0.2, 0.25) is 0 Å². The number of carbonyl (C=O) groups is 1. The van der Waals surface area contributed by atoms with Gasteiger partial charge in [0.1, 0.15) is 0 Å². The predicted octanol–water partition coefficient (Wildman–Crippen LogP) is 3.35. The number of carbonyl (C=O) groups excluding carboxylic acids is 1. The summed E-state index contributed by atoms with van der Waals surface area (Å²) in [4.78, 5) is 14.5. The van der Waals surface area contributed by atoms with Gasteiger partial charge in [0.2, 0.25) is 0 Å². The first kappa shape index (κ1) is 12.8. The average Bonchev–Trinajstić information content (AvgIpc) is 3.02. The Labute approximate surface area is 124 Å². The van der Waals surface area contributed by atoms with E-state index in [1.165, 1.54) is 0 Å². The molecule has 2 unspecified atom stereocenters. The maximum atomic E-state index is 12.6. The van der Waals surface area contributed by atoms with E-state index in [1.54, 1.807) is 0 Å². The quantitative estimate of drug-likeness (QED) is 0.937. The van der Waals surface area contributed by atoms with Gasteiger partial charge in [-0.2, -0.15) is 0 Å². The average molecular weight is 281 g/mol. The van der Waals surface area contributed by atoms with Crippen LogP contribution in [0.4, 0.5) is 5.69 Å². The van der Waals surface area contributed by atoms with Crippen molar-refractivity contribution in [2.75, 3.05) is 11.4 Å². The second-order valence-electron chi connectivity index (χ2n) is 6.18. The van der Waals surface area contributed by atoms with E-state index >= 15 is 0 Å². The number of aliphatic hydroxyl groups is 1.